The minimum atomic E-state index is 0.330. The van der Waals surface area contributed by atoms with Crippen LogP contribution >= 0.6 is 0 Å². The van der Waals surface area contributed by atoms with Crippen LogP contribution in [0.1, 0.15) is 6.92 Å². The third-order valence-electron chi connectivity index (χ3n) is 2.27. The number of nitrogens with two attached hydrogens (primary N) is 1. The Balaban J connectivity index is 2.50. The topological polar surface area (TPSA) is 78.9 Å². The van der Waals surface area contributed by atoms with E-state index >= 15 is 0 Å². The Kier molecular flexibility index (Phi) is 2.72. The average Bonchev–Trinajstić information content (AvgIpc) is 2.77. The highest BCUT2D eigenvalue weighted by atomic mass is 16.5. The maximum Gasteiger partial charge on any atom is 0.187 e. The Bertz CT molecular complexity index is 494. The fourth-order valence-electron chi connectivity index (χ4n) is 1.45. The van der Waals surface area contributed by atoms with Crippen molar-refractivity contribution in [1.29, 1.82) is 0 Å². The fourth-order valence-corrected chi connectivity index (χ4v) is 1.45. The van der Waals surface area contributed by atoms with Crippen molar-refractivity contribution < 1.29 is 4.74 Å². The number of methoxy groups -OCH3 is 1. The third kappa shape index (κ3) is 1.69. The highest BCUT2D eigenvalue weighted by Gasteiger charge is 2.12. The molecule has 0 unspecified atom stereocenters. The highest BCUT2D eigenvalue weighted by molar-refractivity contribution is 5.70. The number of anilines is 1. The monoisotopic (exact) mass is 219 g/mol. The largest absolute Gasteiger partial charge is 0.491 e. The van der Waals surface area contributed by atoms with Crippen molar-refractivity contribution in [2.45, 2.75) is 13.5 Å². The number of ether oxygens (including phenoxy) is 1. The molecule has 0 saturated heterocycles. The molecule has 2 aromatic rings. The number of aromatic nitrogens is 4. The molecule has 0 atom stereocenters. The third-order valence-corrected chi connectivity index (χ3v) is 2.27. The number of nitrogens with zero attached hydrogens (tertiary/aromatic N) is 4. The van der Waals surface area contributed by atoms with E-state index in [1.54, 1.807) is 13.3 Å². The smallest absolute Gasteiger partial charge is 0.187 e. The normalized spacial score (nSPS) is 10.4. The van der Waals surface area contributed by atoms with Crippen LogP contribution in [0.2, 0.25) is 0 Å². The Morgan fingerprint density at radius 3 is 2.88 bits per heavy atom. The van der Waals surface area contributed by atoms with Crippen molar-refractivity contribution in [3.63, 3.8) is 0 Å². The summed E-state index contributed by atoms with van der Waals surface area (Å²) in [5.74, 6) is 0.815. The first kappa shape index (κ1) is 10.4. The van der Waals surface area contributed by atoms with Gasteiger partial charge in [0.1, 0.15) is 12.0 Å². The van der Waals surface area contributed by atoms with Crippen molar-refractivity contribution in [3.05, 3.63) is 18.7 Å². The van der Waals surface area contributed by atoms with E-state index in [1.165, 1.54) is 6.33 Å². The summed E-state index contributed by atoms with van der Waals surface area (Å²) in [6.07, 6.45) is 5.04. The molecule has 16 heavy (non-hydrogen) atoms. The lowest BCUT2D eigenvalue weighted by atomic mass is 10.2. The van der Waals surface area contributed by atoms with E-state index in [2.05, 4.69) is 15.1 Å². The second-order valence-electron chi connectivity index (χ2n) is 3.23. The second-order valence-corrected chi connectivity index (χ2v) is 3.23. The number of nitrogen functional groups attached to an aromatic ring is 1. The van der Waals surface area contributed by atoms with Gasteiger partial charge in [-0.05, 0) is 6.92 Å². The lowest BCUT2D eigenvalue weighted by molar-refractivity contribution is 0.415. The Hall–Kier alpha value is -2.11. The molecule has 0 radical (unpaired) electrons. The Labute approximate surface area is 93.1 Å². The molecule has 0 amide bonds. The van der Waals surface area contributed by atoms with Gasteiger partial charge in [-0.25, -0.2) is 9.97 Å². The number of hydrogen-bond acceptors (Lipinski definition) is 5. The van der Waals surface area contributed by atoms with Crippen LogP contribution in [0.4, 0.5) is 5.82 Å². The van der Waals surface area contributed by atoms with Gasteiger partial charge in [0.25, 0.3) is 0 Å². The fraction of sp³-hybridized carbons (Fsp3) is 0.300. The van der Waals surface area contributed by atoms with E-state index in [0.717, 1.165) is 12.1 Å². The molecule has 0 fully saturated rings. The number of rotatable bonds is 3. The van der Waals surface area contributed by atoms with Gasteiger partial charge in [0.15, 0.2) is 11.6 Å². The van der Waals surface area contributed by atoms with Crippen LogP contribution < -0.4 is 10.5 Å². The number of hydrogen-bond donors (Lipinski definition) is 1. The van der Waals surface area contributed by atoms with Crippen molar-refractivity contribution >= 4 is 5.82 Å². The zero-order chi connectivity index (χ0) is 11.5. The molecule has 6 nitrogen and oxygen atoms in total. The van der Waals surface area contributed by atoms with E-state index in [-0.39, 0.29) is 0 Å². The minimum absolute atomic E-state index is 0.330. The first-order valence-electron chi connectivity index (χ1n) is 4.93. The van der Waals surface area contributed by atoms with Crippen LogP contribution in [0.15, 0.2) is 18.7 Å². The molecule has 2 rings (SSSR count). The SMILES string of the molecule is CCn1cc(-c2ncnc(N)c2OC)cn1. The summed E-state index contributed by atoms with van der Waals surface area (Å²) in [4.78, 5) is 8.04. The van der Waals surface area contributed by atoms with Gasteiger partial charge < -0.3 is 10.5 Å². The predicted octanol–water partition coefficient (Wildman–Crippen LogP) is 0.951. The number of aryl methyl sites for hydroxylation is 1. The van der Waals surface area contributed by atoms with E-state index < -0.39 is 0 Å². The van der Waals surface area contributed by atoms with Crippen LogP contribution in [0, 0.1) is 0 Å². The molecule has 2 heterocycles. The van der Waals surface area contributed by atoms with E-state index in [4.69, 9.17) is 10.5 Å². The van der Waals surface area contributed by atoms with Gasteiger partial charge in [0, 0.05) is 18.3 Å². The van der Waals surface area contributed by atoms with Crippen LogP contribution in [-0.2, 0) is 6.54 Å². The first-order chi connectivity index (χ1) is 7.76. The van der Waals surface area contributed by atoms with Crippen LogP contribution in [-0.4, -0.2) is 26.9 Å². The van der Waals surface area contributed by atoms with Crippen molar-refractivity contribution in [2.24, 2.45) is 0 Å². The van der Waals surface area contributed by atoms with Gasteiger partial charge in [-0.2, -0.15) is 5.10 Å². The second kappa shape index (κ2) is 4.18. The zero-order valence-electron chi connectivity index (χ0n) is 9.21. The lowest BCUT2D eigenvalue weighted by Crippen LogP contribution is -1.99. The van der Waals surface area contributed by atoms with Gasteiger partial charge >= 0.3 is 0 Å². The molecule has 0 aromatic carbocycles. The molecule has 2 N–H and O–H groups in total. The molecule has 2 aromatic heterocycles. The minimum Gasteiger partial charge on any atom is -0.491 e. The molecule has 0 aliphatic carbocycles. The summed E-state index contributed by atoms with van der Waals surface area (Å²) in [7, 11) is 1.54. The van der Waals surface area contributed by atoms with Crippen LogP contribution in [0.3, 0.4) is 0 Å². The summed E-state index contributed by atoms with van der Waals surface area (Å²) in [5.41, 5.74) is 7.24. The first-order valence-corrected chi connectivity index (χ1v) is 4.93. The highest BCUT2D eigenvalue weighted by Crippen LogP contribution is 2.30. The predicted molar refractivity (Wildman–Crippen MR) is 59.9 cm³/mol. The molecular weight excluding hydrogens is 206 g/mol. The molecule has 0 spiro atoms. The molecule has 0 bridgehead atoms. The van der Waals surface area contributed by atoms with E-state index in [9.17, 15) is 0 Å². The van der Waals surface area contributed by atoms with Gasteiger partial charge in [0.05, 0.1) is 13.3 Å². The molecule has 0 aliphatic heterocycles. The summed E-state index contributed by atoms with van der Waals surface area (Å²) in [6, 6.07) is 0. The van der Waals surface area contributed by atoms with Gasteiger partial charge in [-0.3, -0.25) is 4.68 Å². The summed E-state index contributed by atoms with van der Waals surface area (Å²) >= 11 is 0. The molecule has 0 aliphatic rings. The van der Waals surface area contributed by atoms with Gasteiger partial charge in [0.2, 0.25) is 0 Å². The Morgan fingerprint density at radius 1 is 1.44 bits per heavy atom. The maximum absolute atomic E-state index is 5.71. The quantitative estimate of drug-likeness (QED) is 0.831. The summed E-state index contributed by atoms with van der Waals surface area (Å²) in [6.45, 7) is 2.82. The zero-order valence-corrected chi connectivity index (χ0v) is 9.21. The van der Waals surface area contributed by atoms with E-state index in [0.29, 0.717) is 17.3 Å². The molecule has 6 heteroatoms. The molecule has 84 valence electrons. The van der Waals surface area contributed by atoms with Crippen molar-refractivity contribution in [2.75, 3.05) is 12.8 Å². The van der Waals surface area contributed by atoms with Gasteiger partial charge in [-0.1, -0.05) is 0 Å². The van der Waals surface area contributed by atoms with Gasteiger partial charge in [-0.15, -0.1) is 0 Å². The lowest BCUT2D eigenvalue weighted by Gasteiger charge is -2.06. The standard InChI is InChI=1S/C10H13N5O/c1-3-15-5-7(4-14-15)8-9(16-2)10(11)13-6-12-8/h4-6H,3H2,1-2H3,(H2,11,12,13). The van der Waals surface area contributed by atoms with Crippen molar-refractivity contribution in [3.8, 4) is 17.0 Å². The maximum atomic E-state index is 5.71. The Morgan fingerprint density at radius 2 is 2.25 bits per heavy atom. The molecular formula is C10H13N5O. The van der Waals surface area contributed by atoms with E-state index in [1.807, 2.05) is 17.8 Å². The molecule has 0 saturated carbocycles. The van der Waals surface area contributed by atoms with Crippen molar-refractivity contribution in [1.82, 2.24) is 19.7 Å². The summed E-state index contributed by atoms with van der Waals surface area (Å²) in [5, 5.41) is 4.18. The summed E-state index contributed by atoms with van der Waals surface area (Å²) < 4.78 is 7.00. The average molecular weight is 219 g/mol. The van der Waals surface area contributed by atoms with Crippen LogP contribution in [0.5, 0.6) is 5.75 Å². The van der Waals surface area contributed by atoms with Crippen LogP contribution in [0.25, 0.3) is 11.3 Å².